The normalized spacial score (nSPS) is 24.6. The van der Waals surface area contributed by atoms with E-state index >= 15 is 0 Å². The van der Waals surface area contributed by atoms with Gasteiger partial charge in [-0.15, -0.1) is 0 Å². The average molecular weight is 184 g/mol. The lowest BCUT2D eigenvalue weighted by atomic mass is 9.97. The van der Waals surface area contributed by atoms with Gasteiger partial charge in [-0.1, -0.05) is 6.92 Å². The van der Waals surface area contributed by atoms with E-state index in [-0.39, 0.29) is 5.91 Å². The van der Waals surface area contributed by atoms with Gasteiger partial charge in [0.15, 0.2) is 0 Å². The highest BCUT2D eigenvalue weighted by Gasteiger charge is 2.30. The van der Waals surface area contributed by atoms with Gasteiger partial charge in [-0.3, -0.25) is 4.79 Å². The number of rotatable bonds is 1. The Labute approximate surface area is 80.3 Å². The number of nitrogens with zero attached hydrogens (tertiary/aromatic N) is 1. The number of piperidine rings is 1. The van der Waals surface area contributed by atoms with Gasteiger partial charge in [0.25, 0.3) is 0 Å². The number of carbonyl (C=O) groups is 1. The van der Waals surface area contributed by atoms with Gasteiger partial charge in [-0.05, 0) is 32.6 Å². The largest absolute Gasteiger partial charge is 0.341 e. The van der Waals surface area contributed by atoms with Crippen LogP contribution in [0.5, 0.6) is 0 Å². The minimum Gasteiger partial charge on any atom is -0.341 e. The quantitative estimate of drug-likeness (QED) is 0.660. The van der Waals surface area contributed by atoms with Crippen molar-refractivity contribution in [1.82, 2.24) is 4.90 Å². The Hall–Kier alpha value is -0.570. The Morgan fingerprint density at radius 3 is 2.62 bits per heavy atom. The predicted octanol–water partition coefficient (Wildman–Crippen LogP) is 0.982. The molecule has 0 aromatic carbocycles. The van der Waals surface area contributed by atoms with Crippen LogP contribution in [0.15, 0.2) is 0 Å². The summed E-state index contributed by atoms with van der Waals surface area (Å²) in [5.74, 6) is 0.708. The molecule has 0 radical (unpaired) electrons. The maximum Gasteiger partial charge on any atom is 0.242 e. The zero-order valence-corrected chi connectivity index (χ0v) is 8.84. The molecular weight excluding hydrogens is 164 g/mol. The van der Waals surface area contributed by atoms with Crippen molar-refractivity contribution in [3.05, 3.63) is 0 Å². The number of hydrogen-bond donors (Lipinski definition) is 1. The lowest BCUT2D eigenvalue weighted by molar-refractivity contribution is -0.137. The molecule has 0 aliphatic carbocycles. The Balaban J connectivity index is 2.56. The van der Waals surface area contributed by atoms with Crippen molar-refractivity contribution in [2.24, 2.45) is 11.7 Å². The van der Waals surface area contributed by atoms with E-state index in [0.717, 1.165) is 19.5 Å². The fourth-order valence-electron chi connectivity index (χ4n) is 1.78. The summed E-state index contributed by atoms with van der Waals surface area (Å²) < 4.78 is 0. The van der Waals surface area contributed by atoms with E-state index < -0.39 is 5.54 Å². The average Bonchev–Trinajstić information content (AvgIpc) is 2.01. The second-order valence-corrected chi connectivity index (χ2v) is 4.72. The van der Waals surface area contributed by atoms with Crippen LogP contribution in [0.3, 0.4) is 0 Å². The molecule has 1 fully saturated rings. The molecule has 0 aromatic rings. The van der Waals surface area contributed by atoms with Crippen molar-refractivity contribution in [3.63, 3.8) is 0 Å². The molecule has 0 unspecified atom stereocenters. The van der Waals surface area contributed by atoms with Gasteiger partial charge in [0.2, 0.25) is 5.91 Å². The highest BCUT2D eigenvalue weighted by atomic mass is 16.2. The smallest absolute Gasteiger partial charge is 0.242 e. The Morgan fingerprint density at radius 1 is 1.54 bits per heavy atom. The summed E-state index contributed by atoms with van der Waals surface area (Å²) in [5.41, 5.74) is 5.05. The maximum atomic E-state index is 11.8. The molecule has 2 N–H and O–H groups in total. The van der Waals surface area contributed by atoms with Gasteiger partial charge in [-0.25, -0.2) is 0 Å². The van der Waals surface area contributed by atoms with Gasteiger partial charge in [-0.2, -0.15) is 0 Å². The van der Waals surface area contributed by atoms with Crippen molar-refractivity contribution in [1.29, 1.82) is 0 Å². The third-order valence-corrected chi connectivity index (χ3v) is 2.50. The van der Waals surface area contributed by atoms with E-state index in [1.54, 1.807) is 13.8 Å². The summed E-state index contributed by atoms with van der Waals surface area (Å²) in [6.45, 7) is 7.48. The summed E-state index contributed by atoms with van der Waals surface area (Å²) in [6, 6.07) is 0. The summed E-state index contributed by atoms with van der Waals surface area (Å²) in [6.07, 6.45) is 2.35. The van der Waals surface area contributed by atoms with E-state index in [1.807, 2.05) is 4.90 Å². The van der Waals surface area contributed by atoms with Crippen molar-refractivity contribution >= 4 is 5.91 Å². The summed E-state index contributed by atoms with van der Waals surface area (Å²) >= 11 is 0. The lowest BCUT2D eigenvalue weighted by Crippen LogP contribution is -2.53. The van der Waals surface area contributed by atoms with Crippen LogP contribution in [0.1, 0.15) is 33.6 Å². The molecule has 1 aliphatic heterocycles. The maximum absolute atomic E-state index is 11.8. The molecule has 1 atom stereocenters. The van der Waals surface area contributed by atoms with Crippen LogP contribution in [0.4, 0.5) is 0 Å². The van der Waals surface area contributed by atoms with Gasteiger partial charge < -0.3 is 10.6 Å². The van der Waals surface area contributed by atoms with Gasteiger partial charge in [0.1, 0.15) is 0 Å². The minimum atomic E-state index is -0.711. The predicted molar refractivity (Wildman–Crippen MR) is 53.2 cm³/mol. The molecule has 0 saturated carbocycles. The Bertz CT molecular complexity index is 196. The highest BCUT2D eigenvalue weighted by Crippen LogP contribution is 2.17. The molecule has 3 heteroatoms. The van der Waals surface area contributed by atoms with Crippen LogP contribution in [0.25, 0.3) is 0 Å². The number of hydrogen-bond acceptors (Lipinski definition) is 2. The first-order chi connectivity index (χ1) is 5.91. The minimum absolute atomic E-state index is 0.0825. The van der Waals surface area contributed by atoms with E-state index in [4.69, 9.17) is 5.73 Å². The molecule has 1 amide bonds. The molecule has 1 rings (SSSR count). The summed E-state index contributed by atoms with van der Waals surface area (Å²) in [4.78, 5) is 13.7. The van der Waals surface area contributed by atoms with Gasteiger partial charge >= 0.3 is 0 Å². The van der Waals surface area contributed by atoms with Crippen LogP contribution in [0.2, 0.25) is 0 Å². The van der Waals surface area contributed by atoms with Crippen molar-refractivity contribution in [2.45, 2.75) is 39.2 Å². The van der Waals surface area contributed by atoms with E-state index in [9.17, 15) is 4.79 Å². The van der Waals surface area contributed by atoms with Crippen LogP contribution in [-0.2, 0) is 4.79 Å². The molecule has 0 bridgehead atoms. The molecule has 0 spiro atoms. The monoisotopic (exact) mass is 184 g/mol. The zero-order chi connectivity index (χ0) is 10.1. The first-order valence-corrected chi connectivity index (χ1v) is 4.99. The van der Waals surface area contributed by atoms with Crippen molar-refractivity contribution in [2.75, 3.05) is 13.1 Å². The summed E-state index contributed by atoms with van der Waals surface area (Å²) in [5, 5.41) is 0. The fourth-order valence-corrected chi connectivity index (χ4v) is 1.78. The molecule has 1 saturated heterocycles. The molecule has 76 valence electrons. The Morgan fingerprint density at radius 2 is 2.15 bits per heavy atom. The molecule has 1 aliphatic rings. The standard InChI is InChI=1S/C10H20N2O/c1-8-5-4-6-12(7-8)9(13)10(2,3)11/h8H,4-7,11H2,1-3H3/t8-/m1/s1. The lowest BCUT2D eigenvalue weighted by Gasteiger charge is -2.35. The van der Waals surface area contributed by atoms with Crippen LogP contribution in [0, 0.1) is 5.92 Å². The first kappa shape index (κ1) is 10.5. The molecule has 0 aromatic heterocycles. The van der Waals surface area contributed by atoms with Gasteiger partial charge in [0.05, 0.1) is 5.54 Å². The SMILES string of the molecule is C[C@@H]1CCCN(C(=O)C(C)(C)N)C1. The Kier molecular flexibility index (Phi) is 2.96. The van der Waals surface area contributed by atoms with E-state index in [0.29, 0.717) is 5.92 Å². The highest BCUT2D eigenvalue weighted by molar-refractivity contribution is 5.85. The third kappa shape index (κ3) is 2.69. The topological polar surface area (TPSA) is 46.3 Å². The first-order valence-electron chi connectivity index (χ1n) is 4.99. The zero-order valence-electron chi connectivity index (χ0n) is 8.84. The van der Waals surface area contributed by atoms with Crippen molar-refractivity contribution < 1.29 is 4.79 Å². The third-order valence-electron chi connectivity index (χ3n) is 2.50. The van der Waals surface area contributed by atoms with E-state index in [2.05, 4.69) is 6.92 Å². The number of likely N-dealkylation sites (tertiary alicyclic amines) is 1. The second kappa shape index (κ2) is 3.66. The number of nitrogens with two attached hydrogens (primary N) is 1. The van der Waals surface area contributed by atoms with E-state index in [1.165, 1.54) is 6.42 Å². The van der Waals surface area contributed by atoms with Crippen LogP contribution < -0.4 is 5.73 Å². The fraction of sp³-hybridized carbons (Fsp3) is 0.900. The molecule has 13 heavy (non-hydrogen) atoms. The van der Waals surface area contributed by atoms with Crippen molar-refractivity contribution in [3.8, 4) is 0 Å². The molecule has 1 heterocycles. The summed E-state index contributed by atoms with van der Waals surface area (Å²) in [7, 11) is 0. The second-order valence-electron chi connectivity index (χ2n) is 4.72. The molecule has 3 nitrogen and oxygen atoms in total. The number of amides is 1. The van der Waals surface area contributed by atoms with Crippen LogP contribution >= 0.6 is 0 Å². The number of carbonyl (C=O) groups excluding carboxylic acids is 1. The van der Waals surface area contributed by atoms with Crippen LogP contribution in [-0.4, -0.2) is 29.4 Å². The van der Waals surface area contributed by atoms with Gasteiger partial charge in [0, 0.05) is 13.1 Å². The molecular formula is C10H20N2O.